The average Bonchev–Trinajstić information content (AvgIpc) is 2.76. The van der Waals surface area contributed by atoms with Crippen LogP contribution in [0.5, 0.6) is 0 Å². The molecule has 1 heterocycles. The molecular formula is C14H17BrN2O2. The summed E-state index contributed by atoms with van der Waals surface area (Å²) in [5, 5.41) is 3.70. The Bertz CT molecular complexity index is 490. The zero-order valence-electron chi connectivity index (χ0n) is 10.9. The van der Waals surface area contributed by atoms with E-state index in [4.69, 9.17) is 0 Å². The number of nitrogens with zero attached hydrogens (tertiary/aromatic N) is 2. The molecule has 1 aliphatic heterocycles. The largest absolute Gasteiger partial charge is 0.294 e. The maximum atomic E-state index is 12.1. The molecule has 0 N–H and O–H groups in total. The highest BCUT2D eigenvalue weighted by Gasteiger charge is 2.27. The molecule has 4 nitrogen and oxygen atoms in total. The summed E-state index contributed by atoms with van der Waals surface area (Å²) in [6, 6.07) is 7.40. The fourth-order valence-corrected chi connectivity index (χ4v) is 2.68. The van der Waals surface area contributed by atoms with Crippen LogP contribution in [0.3, 0.4) is 0 Å². The van der Waals surface area contributed by atoms with Crippen LogP contribution < -0.4 is 0 Å². The minimum Gasteiger partial charge on any atom is -0.294 e. The van der Waals surface area contributed by atoms with Gasteiger partial charge >= 0.3 is 0 Å². The van der Waals surface area contributed by atoms with Crippen LogP contribution in [-0.4, -0.2) is 41.3 Å². The van der Waals surface area contributed by atoms with Crippen molar-refractivity contribution in [2.24, 2.45) is 0 Å². The quantitative estimate of drug-likeness (QED) is 0.781. The lowest BCUT2D eigenvalue weighted by atomic mass is 10.1. The molecule has 0 saturated carbocycles. The standard InChI is InChI=1S/C14H17BrN2O2/c1-2-17-14(19)7-9-16(17)8-6-13(18)11-4-3-5-12(15)10-11/h3-5,10H,2,6-9H2,1H3. The summed E-state index contributed by atoms with van der Waals surface area (Å²) in [6.07, 6.45) is 0.985. The van der Waals surface area contributed by atoms with Crippen molar-refractivity contribution in [2.45, 2.75) is 19.8 Å². The first-order valence-corrected chi connectivity index (χ1v) is 7.25. The van der Waals surface area contributed by atoms with Gasteiger partial charge in [-0.1, -0.05) is 28.1 Å². The number of hydrogen-bond donors (Lipinski definition) is 0. The molecule has 0 atom stereocenters. The number of rotatable bonds is 5. The number of Topliss-reactive ketones (excluding diaryl/α,β-unsaturated/α-hetero) is 1. The van der Waals surface area contributed by atoms with E-state index < -0.39 is 0 Å². The van der Waals surface area contributed by atoms with Crippen molar-refractivity contribution in [1.82, 2.24) is 10.0 Å². The highest BCUT2D eigenvalue weighted by Crippen LogP contribution is 2.15. The number of halogens is 1. The molecule has 1 aliphatic rings. The highest BCUT2D eigenvalue weighted by molar-refractivity contribution is 9.10. The van der Waals surface area contributed by atoms with Crippen LogP contribution in [0.4, 0.5) is 0 Å². The van der Waals surface area contributed by atoms with Gasteiger partial charge in [0, 0.05) is 42.5 Å². The lowest BCUT2D eigenvalue weighted by Crippen LogP contribution is -2.39. The summed E-state index contributed by atoms with van der Waals surface area (Å²) in [4.78, 5) is 23.6. The van der Waals surface area contributed by atoms with Gasteiger partial charge < -0.3 is 0 Å². The number of amides is 1. The van der Waals surface area contributed by atoms with Crippen molar-refractivity contribution in [3.05, 3.63) is 34.3 Å². The Kier molecular flexibility index (Phi) is 4.71. The smallest absolute Gasteiger partial charge is 0.238 e. The third-order valence-electron chi connectivity index (χ3n) is 3.26. The van der Waals surface area contributed by atoms with E-state index in [2.05, 4.69) is 15.9 Å². The predicted octanol–water partition coefficient (Wildman–Crippen LogP) is 2.49. The molecule has 5 heteroatoms. The van der Waals surface area contributed by atoms with Gasteiger partial charge in [0.05, 0.1) is 0 Å². The Morgan fingerprint density at radius 3 is 2.89 bits per heavy atom. The summed E-state index contributed by atoms with van der Waals surface area (Å²) in [5.74, 6) is 0.258. The molecule has 2 rings (SSSR count). The normalized spacial score (nSPS) is 16.1. The molecule has 0 spiro atoms. The lowest BCUT2D eigenvalue weighted by molar-refractivity contribution is -0.137. The summed E-state index contributed by atoms with van der Waals surface area (Å²) in [6.45, 7) is 3.94. The average molecular weight is 325 g/mol. The lowest BCUT2D eigenvalue weighted by Gasteiger charge is -2.26. The topological polar surface area (TPSA) is 40.6 Å². The number of hydrazine groups is 1. The first-order chi connectivity index (χ1) is 9.11. The van der Waals surface area contributed by atoms with E-state index in [1.807, 2.05) is 36.2 Å². The van der Waals surface area contributed by atoms with Gasteiger partial charge in [-0.25, -0.2) is 5.01 Å². The van der Waals surface area contributed by atoms with Gasteiger partial charge in [0.15, 0.2) is 5.78 Å². The molecule has 1 aromatic rings. The Balaban J connectivity index is 1.92. The van der Waals surface area contributed by atoms with Crippen molar-refractivity contribution in [3.63, 3.8) is 0 Å². The van der Waals surface area contributed by atoms with Crippen LogP contribution in [0.15, 0.2) is 28.7 Å². The molecule has 0 aliphatic carbocycles. The van der Waals surface area contributed by atoms with E-state index in [-0.39, 0.29) is 11.7 Å². The van der Waals surface area contributed by atoms with E-state index in [9.17, 15) is 9.59 Å². The molecule has 1 aromatic carbocycles. The van der Waals surface area contributed by atoms with Gasteiger partial charge in [-0.05, 0) is 19.1 Å². The van der Waals surface area contributed by atoms with Crippen molar-refractivity contribution in [2.75, 3.05) is 19.6 Å². The summed E-state index contributed by atoms with van der Waals surface area (Å²) in [5.41, 5.74) is 0.711. The third kappa shape index (κ3) is 3.42. The molecule has 0 bridgehead atoms. The fourth-order valence-electron chi connectivity index (χ4n) is 2.28. The van der Waals surface area contributed by atoms with Gasteiger partial charge in [-0.15, -0.1) is 0 Å². The van der Waals surface area contributed by atoms with E-state index >= 15 is 0 Å². The predicted molar refractivity (Wildman–Crippen MR) is 76.7 cm³/mol. The van der Waals surface area contributed by atoms with Gasteiger partial charge in [-0.3, -0.25) is 14.6 Å². The van der Waals surface area contributed by atoms with Crippen molar-refractivity contribution >= 4 is 27.6 Å². The monoisotopic (exact) mass is 324 g/mol. The second kappa shape index (κ2) is 6.30. The Labute approximate surface area is 121 Å². The summed E-state index contributed by atoms with van der Waals surface area (Å²) < 4.78 is 0.907. The van der Waals surface area contributed by atoms with Crippen molar-refractivity contribution in [1.29, 1.82) is 0 Å². The Morgan fingerprint density at radius 2 is 2.21 bits per heavy atom. The zero-order valence-corrected chi connectivity index (χ0v) is 12.5. The number of ketones is 1. The minimum atomic E-state index is 0.108. The number of carbonyl (C=O) groups excluding carboxylic acids is 2. The Morgan fingerprint density at radius 1 is 1.42 bits per heavy atom. The number of carbonyl (C=O) groups is 2. The third-order valence-corrected chi connectivity index (χ3v) is 3.75. The highest BCUT2D eigenvalue weighted by atomic mass is 79.9. The fraction of sp³-hybridized carbons (Fsp3) is 0.429. The van der Waals surface area contributed by atoms with E-state index in [0.717, 1.165) is 11.0 Å². The molecule has 1 fully saturated rings. The van der Waals surface area contributed by atoms with Crippen LogP contribution in [0.2, 0.25) is 0 Å². The molecular weight excluding hydrogens is 308 g/mol. The summed E-state index contributed by atoms with van der Waals surface area (Å²) >= 11 is 3.36. The second-order valence-electron chi connectivity index (χ2n) is 4.50. The van der Waals surface area contributed by atoms with Crippen LogP contribution >= 0.6 is 15.9 Å². The van der Waals surface area contributed by atoms with Gasteiger partial charge in [-0.2, -0.15) is 0 Å². The minimum absolute atomic E-state index is 0.108. The maximum absolute atomic E-state index is 12.1. The molecule has 1 saturated heterocycles. The van der Waals surface area contributed by atoms with E-state index in [0.29, 0.717) is 31.5 Å². The first kappa shape index (κ1) is 14.2. The molecule has 0 aromatic heterocycles. The SMILES string of the molecule is CCN1C(=O)CCN1CCC(=O)c1cccc(Br)c1. The van der Waals surface area contributed by atoms with E-state index in [1.54, 1.807) is 5.01 Å². The van der Waals surface area contributed by atoms with Crippen LogP contribution in [-0.2, 0) is 4.79 Å². The maximum Gasteiger partial charge on any atom is 0.238 e. The zero-order chi connectivity index (χ0) is 13.8. The summed E-state index contributed by atoms with van der Waals surface area (Å²) in [7, 11) is 0. The van der Waals surface area contributed by atoms with Crippen LogP contribution in [0.1, 0.15) is 30.1 Å². The molecule has 102 valence electrons. The van der Waals surface area contributed by atoms with Gasteiger partial charge in [0.25, 0.3) is 0 Å². The van der Waals surface area contributed by atoms with Crippen LogP contribution in [0, 0.1) is 0 Å². The van der Waals surface area contributed by atoms with Crippen LogP contribution in [0.25, 0.3) is 0 Å². The molecule has 19 heavy (non-hydrogen) atoms. The van der Waals surface area contributed by atoms with Crippen molar-refractivity contribution < 1.29 is 9.59 Å². The molecule has 0 unspecified atom stereocenters. The second-order valence-corrected chi connectivity index (χ2v) is 5.41. The van der Waals surface area contributed by atoms with Crippen molar-refractivity contribution in [3.8, 4) is 0 Å². The van der Waals surface area contributed by atoms with Gasteiger partial charge in [0.2, 0.25) is 5.91 Å². The molecule has 0 radical (unpaired) electrons. The van der Waals surface area contributed by atoms with E-state index in [1.165, 1.54) is 0 Å². The Hall–Kier alpha value is -1.20. The first-order valence-electron chi connectivity index (χ1n) is 6.46. The van der Waals surface area contributed by atoms with Gasteiger partial charge in [0.1, 0.15) is 0 Å². The number of benzene rings is 1. The molecule has 1 amide bonds. The number of hydrogen-bond acceptors (Lipinski definition) is 3.